The minimum atomic E-state index is -4.53. The summed E-state index contributed by atoms with van der Waals surface area (Å²) < 4.78 is 80.9. The first kappa shape index (κ1) is 34.6. The second-order valence-electron chi connectivity index (χ2n) is 13.0. The van der Waals surface area contributed by atoms with Gasteiger partial charge in [-0.2, -0.15) is 0 Å². The summed E-state index contributed by atoms with van der Waals surface area (Å²) in [6, 6.07) is 8.58. The zero-order valence-electron chi connectivity index (χ0n) is 27.2. The second-order valence-corrected chi connectivity index (χ2v) is 16.4. The molecule has 0 unspecified atom stereocenters. The van der Waals surface area contributed by atoms with Gasteiger partial charge in [-0.3, -0.25) is 9.69 Å². The van der Waals surface area contributed by atoms with Crippen LogP contribution < -0.4 is 18.5 Å². The van der Waals surface area contributed by atoms with E-state index in [4.69, 9.17) is 18.9 Å². The van der Waals surface area contributed by atoms with Gasteiger partial charge in [-0.25, -0.2) is 25.9 Å². The highest BCUT2D eigenvalue weighted by atomic mass is 32.2. The molecule has 0 radical (unpaired) electrons. The molecule has 0 aromatic heterocycles. The first-order valence-corrected chi connectivity index (χ1v) is 18.6. The molecule has 1 amide bonds. The molecule has 0 atom stereocenters. The predicted octanol–water partition coefficient (Wildman–Crippen LogP) is 3.44. The van der Waals surface area contributed by atoms with E-state index in [9.17, 15) is 21.6 Å². The van der Waals surface area contributed by atoms with Gasteiger partial charge in [-0.15, -0.1) is 0 Å². The molecule has 0 bridgehead atoms. The Kier molecular flexibility index (Phi) is 10.1. The number of methoxy groups -OCH3 is 1. The predicted molar refractivity (Wildman–Crippen MR) is 172 cm³/mol. The maximum atomic E-state index is 14.4. The van der Waals surface area contributed by atoms with Crippen LogP contribution in [0.2, 0.25) is 0 Å². The molecular formula is C32H45N3O9S2. The number of sulfonamides is 2. The van der Waals surface area contributed by atoms with Gasteiger partial charge in [0, 0.05) is 31.2 Å². The van der Waals surface area contributed by atoms with Crippen molar-refractivity contribution in [1.82, 2.24) is 9.62 Å². The zero-order valence-corrected chi connectivity index (χ0v) is 28.8. The standard InChI is InChI=1S/C32H45N3O9S2/c1-6-43-24-7-9-27-26(21-24)32(13-11-23(12-14-32)44-20-17-34-15-18-42-19-16-34)30(36)35(27)46(39,40)29-10-8-25(22-28(29)41-5)45(37,38)33-31(2,3)4/h7-10,21-23,33H,6,11-20H2,1-5H3. The summed E-state index contributed by atoms with van der Waals surface area (Å²) >= 11 is 0. The number of anilines is 1. The summed E-state index contributed by atoms with van der Waals surface area (Å²) in [5.41, 5.74) is -0.976. The Morgan fingerprint density at radius 2 is 1.72 bits per heavy atom. The van der Waals surface area contributed by atoms with Crippen molar-refractivity contribution in [3.05, 3.63) is 42.0 Å². The van der Waals surface area contributed by atoms with Crippen molar-refractivity contribution >= 4 is 31.6 Å². The minimum absolute atomic E-state index is 0.0417. The molecule has 46 heavy (non-hydrogen) atoms. The van der Waals surface area contributed by atoms with Gasteiger partial charge in [0.1, 0.15) is 16.4 Å². The van der Waals surface area contributed by atoms with E-state index in [0.29, 0.717) is 50.2 Å². The number of morpholine rings is 1. The van der Waals surface area contributed by atoms with Crippen molar-refractivity contribution < 1.29 is 40.6 Å². The number of fused-ring (bicyclic) bond motifs is 2. The number of benzene rings is 2. The van der Waals surface area contributed by atoms with Crippen LogP contribution in [0.1, 0.15) is 58.9 Å². The lowest BCUT2D eigenvalue weighted by atomic mass is 9.69. The summed E-state index contributed by atoms with van der Waals surface area (Å²) in [6.45, 7) is 12.0. The topological polar surface area (TPSA) is 141 Å². The maximum absolute atomic E-state index is 14.4. The lowest BCUT2D eigenvalue weighted by Gasteiger charge is -2.36. The summed E-state index contributed by atoms with van der Waals surface area (Å²) in [5.74, 6) is -0.179. The van der Waals surface area contributed by atoms with Crippen LogP contribution in [0.15, 0.2) is 46.2 Å². The highest BCUT2D eigenvalue weighted by Crippen LogP contribution is 2.53. The van der Waals surface area contributed by atoms with Crippen LogP contribution in [0.25, 0.3) is 0 Å². The number of hydrogen-bond donors (Lipinski definition) is 1. The van der Waals surface area contributed by atoms with E-state index in [1.165, 1.54) is 19.2 Å². The minimum Gasteiger partial charge on any atom is -0.495 e. The van der Waals surface area contributed by atoms with Gasteiger partial charge >= 0.3 is 0 Å². The fraction of sp³-hybridized carbons (Fsp3) is 0.594. The number of rotatable bonds is 11. The number of amides is 1. The first-order valence-electron chi connectivity index (χ1n) is 15.7. The van der Waals surface area contributed by atoms with Crippen LogP contribution in [0.5, 0.6) is 11.5 Å². The molecule has 12 nitrogen and oxygen atoms in total. The highest BCUT2D eigenvalue weighted by molar-refractivity contribution is 7.93. The van der Waals surface area contributed by atoms with Crippen molar-refractivity contribution in [3.63, 3.8) is 0 Å². The first-order chi connectivity index (χ1) is 21.7. The lowest BCUT2D eigenvalue weighted by molar-refractivity contribution is -0.124. The fourth-order valence-electron chi connectivity index (χ4n) is 6.49. The van der Waals surface area contributed by atoms with Crippen molar-refractivity contribution in [2.24, 2.45) is 0 Å². The Labute approximate surface area is 272 Å². The highest BCUT2D eigenvalue weighted by Gasteiger charge is 2.56. The molecule has 2 aromatic carbocycles. The largest absolute Gasteiger partial charge is 0.495 e. The second kappa shape index (κ2) is 13.4. The molecule has 3 aliphatic rings. The van der Waals surface area contributed by atoms with E-state index in [2.05, 4.69) is 9.62 Å². The average molecular weight is 680 g/mol. The summed E-state index contributed by atoms with van der Waals surface area (Å²) in [4.78, 5) is 16.3. The van der Waals surface area contributed by atoms with E-state index >= 15 is 0 Å². The van der Waals surface area contributed by atoms with Crippen LogP contribution in [0.4, 0.5) is 5.69 Å². The molecule has 254 valence electrons. The van der Waals surface area contributed by atoms with Gasteiger partial charge in [0.25, 0.3) is 15.9 Å². The Morgan fingerprint density at radius 1 is 1.02 bits per heavy atom. The van der Waals surface area contributed by atoms with Crippen molar-refractivity contribution in [2.75, 3.05) is 57.5 Å². The zero-order chi connectivity index (χ0) is 33.3. The van der Waals surface area contributed by atoms with Crippen LogP contribution in [0, 0.1) is 0 Å². The molecule has 2 fully saturated rings. The van der Waals surface area contributed by atoms with Crippen molar-refractivity contribution in [2.45, 2.75) is 80.2 Å². The van der Waals surface area contributed by atoms with E-state index < -0.39 is 36.9 Å². The summed E-state index contributed by atoms with van der Waals surface area (Å²) in [7, 11) is -7.25. The smallest absolute Gasteiger partial charge is 0.274 e. The van der Waals surface area contributed by atoms with Gasteiger partial charge in [0.05, 0.1) is 55.6 Å². The molecule has 1 N–H and O–H groups in total. The maximum Gasteiger partial charge on any atom is 0.274 e. The monoisotopic (exact) mass is 679 g/mol. The Bertz CT molecular complexity index is 1640. The van der Waals surface area contributed by atoms with Crippen molar-refractivity contribution in [1.29, 1.82) is 0 Å². The van der Waals surface area contributed by atoms with Gasteiger partial charge < -0.3 is 18.9 Å². The number of nitrogens with one attached hydrogen (secondary N) is 1. The Balaban J connectivity index is 1.44. The van der Waals surface area contributed by atoms with Crippen molar-refractivity contribution in [3.8, 4) is 11.5 Å². The number of carbonyl (C=O) groups excluding carboxylic acids is 1. The average Bonchev–Trinajstić information content (AvgIpc) is 3.24. The third-order valence-corrected chi connectivity index (χ3v) is 12.2. The number of nitrogens with zero attached hydrogens (tertiary/aromatic N) is 2. The molecule has 1 saturated heterocycles. The summed E-state index contributed by atoms with van der Waals surface area (Å²) in [5, 5.41) is 0. The third-order valence-electron chi connectivity index (χ3n) is 8.66. The van der Waals surface area contributed by atoms with E-state index in [0.717, 1.165) is 43.2 Å². The van der Waals surface area contributed by atoms with E-state index in [1.54, 1.807) is 39.0 Å². The Morgan fingerprint density at radius 3 is 2.35 bits per heavy atom. The van der Waals surface area contributed by atoms with Crippen LogP contribution in [-0.2, 0) is 39.7 Å². The lowest BCUT2D eigenvalue weighted by Crippen LogP contribution is -2.46. The molecule has 1 spiro atoms. The molecular weight excluding hydrogens is 634 g/mol. The fourth-order valence-corrected chi connectivity index (χ4v) is 9.56. The molecule has 2 aliphatic heterocycles. The van der Waals surface area contributed by atoms with Gasteiger partial charge in [0.15, 0.2) is 0 Å². The van der Waals surface area contributed by atoms with Gasteiger partial charge in [-0.05, 0) is 89.3 Å². The number of ether oxygens (including phenoxy) is 4. The molecule has 14 heteroatoms. The number of carbonyl (C=O) groups is 1. The van der Waals surface area contributed by atoms with Crippen LogP contribution in [-0.4, -0.2) is 92.5 Å². The molecule has 5 rings (SSSR count). The van der Waals surface area contributed by atoms with Crippen LogP contribution >= 0.6 is 0 Å². The van der Waals surface area contributed by atoms with Gasteiger partial charge in [-0.1, -0.05) is 0 Å². The molecule has 1 aliphatic carbocycles. The molecule has 2 aromatic rings. The van der Waals surface area contributed by atoms with E-state index in [1.807, 2.05) is 6.92 Å². The molecule has 1 saturated carbocycles. The third kappa shape index (κ3) is 6.92. The summed E-state index contributed by atoms with van der Waals surface area (Å²) in [6.07, 6.45) is 1.97. The van der Waals surface area contributed by atoms with Gasteiger partial charge in [0.2, 0.25) is 10.0 Å². The number of hydrogen-bond acceptors (Lipinski definition) is 10. The SMILES string of the molecule is CCOc1ccc2c(c1)C1(CCC(OCCN3CCOCC3)CC1)C(=O)N2S(=O)(=O)c1ccc(S(=O)(=O)NC(C)(C)C)cc1OC. The normalized spacial score (nSPS) is 22.7. The van der Waals surface area contributed by atoms with Crippen LogP contribution in [0.3, 0.4) is 0 Å². The Hall–Kier alpha value is -2.75. The quantitative estimate of drug-likeness (QED) is 0.376. The molecule has 2 heterocycles. The van der Waals surface area contributed by atoms with E-state index in [-0.39, 0.29) is 27.3 Å².